The number of rotatable bonds is 3. The van der Waals surface area contributed by atoms with E-state index in [0.717, 1.165) is 5.56 Å². The molecule has 1 aromatic rings. The van der Waals surface area contributed by atoms with Gasteiger partial charge in [0.15, 0.2) is 0 Å². The number of nitrogens with zero attached hydrogens (tertiary/aromatic N) is 2. The number of aromatic nitrogens is 2. The number of amides is 1. The minimum Gasteiger partial charge on any atom is -0.368 e. The number of carbonyl (C=O) groups excluding carboxylic acids is 1. The average Bonchev–Trinajstić information content (AvgIpc) is 2.34. The molecule has 0 aliphatic heterocycles. The van der Waals surface area contributed by atoms with Gasteiger partial charge in [0.05, 0.1) is 6.20 Å². The molecule has 0 saturated heterocycles. The molecule has 1 amide bonds. The van der Waals surface area contributed by atoms with Crippen LogP contribution in [-0.4, -0.2) is 15.7 Å². The van der Waals surface area contributed by atoms with E-state index in [1.165, 1.54) is 4.68 Å². The Morgan fingerprint density at radius 3 is 3.00 bits per heavy atom. The van der Waals surface area contributed by atoms with Crippen molar-refractivity contribution in [3.63, 3.8) is 0 Å². The lowest BCUT2D eigenvalue weighted by molar-refractivity contribution is -0.118. The van der Waals surface area contributed by atoms with Crippen LogP contribution >= 0.6 is 12.6 Å². The first-order valence-corrected chi connectivity index (χ1v) is 4.10. The van der Waals surface area contributed by atoms with E-state index in [9.17, 15) is 4.79 Å². The van der Waals surface area contributed by atoms with Crippen molar-refractivity contribution in [3.8, 4) is 0 Å². The molecule has 0 radical (unpaired) electrons. The SMILES string of the molecule is CC(S)c1cnn(CC(N)=O)c1. The number of thiol groups is 1. The molecule has 5 heteroatoms. The van der Waals surface area contributed by atoms with Crippen molar-refractivity contribution in [2.75, 3.05) is 0 Å². The lowest BCUT2D eigenvalue weighted by Crippen LogP contribution is -2.18. The first kappa shape index (κ1) is 9.12. The van der Waals surface area contributed by atoms with Crippen LogP contribution in [0.3, 0.4) is 0 Å². The Labute approximate surface area is 76.2 Å². The fourth-order valence-corrected chi connectivity index (χ4v) is 0.975. The van der Waals surface area contributed by atoms with Gasteiger partial charge in [-0.05, 0) is 6.92 Å². The first-order valence-electron chi connectivity index (χ1n) is 3.58. The molecule has 0 aromatic carbocycles. The molecular weight excluding hydrogens is 174 g/mol. The van der Waals surface area contributed by atoms with Crippen LogP contribution in [0, 0.1) is 0 Å². The summed E-state index contributed by atoms with van der Waals surface area (Å²) in [6.07, 6.45) is 3.45. The van der Waals surface area contributed by atoms with Gasteiger partial charge in [-0.1, -0.05) is 0 Å². The lowest BCUT2D eigenvalue weighted by Gasteiger charge is -1.97. The van der Waals surface area contributed by atoms with Crippen LogP contribution < -0.4 is 5.73 Å². The third-order valence-corrected chi connectivity index (χ3v) is 1.75. The second kappa shape index (κ2) is 3.62. The number of hydrogen-bond acceptors (Lipinski definition) is 3. The summed E-state index contributed by atoms with van der Waals surface area (Å²) in [4.78, 5) is 10.5. The quantitative estimate of drug-likeness (QED) is 0.668. The van der Waals surface area contributed by atoms with Gasteiger partial charge in [0.1, 0.15) is 6.54 Å². The van der Waals surface area contributed by atoms with E-state index in [-0.39, 0.29) is 11.8 Å². The number of hydrogen-bond donors (Lipinski definition) is 2. The second-order valence-corrected chi connectivity index (χ2v) is 3.39. The van der Waals surface area contributed by atoms with Crippen LogP contribution in [-0.2, 0) is 11.3 Å². The zero-order valence-electron chi connectivity index (χ0n) is 6.77. The predicted molar refractivity (Wildman–Crippen MR) is 48.8 cm³/mol. The summed E-state index contributed by atoms with van der Waals surface area (Å²) in [5, 5.41) is 4.08. The van der Waals surface area contributed by atoms with Crippen LogP contribution in [0.4, 0.5) is 0 Å². The van der Waals surface area contributed by atoms with Gasteiger partial charge in [0.2, 0.25) is 5.91 Å². The van der Waals surface area contributed by atoms with Gasteiger partial charge in [-0.25, -0.2) is 0 Å². The topological polar surface area (TPSA) is 60.9 Å². The molecule has 1 aromatic heterocycles. The summed E-state index contributed by atoms with van der Waals surface area (Å²) in [6, 6.07) is 0. The summed E-state index contributed by atoms with van der Waals surface area (Å²) in [7, 11) is 0. The van der Waals surface area contributed by atoms with Gasteiger partial charge in [-0.3, -0.25) is 9.48 Å². The highest BCUT2D eigenvalue weighted by molar-refractivity contribution is 7.80. The van der Waals surface area contributed by atoms with E-state index in [1.54, 1.807) is 12.4 Å². The van der Waals surface area contributed by atoms with Crippen LogP contribution in [0.25, 0.3) is 0 Å². The van der Waals surface area contributed by atoms with Crippen molar-refractivity contribution >= 4 is 18.5 Å². The van der Waals surface area contributed by atoms with Gasteiger partial charge in [-0.15, -0.1) is 0 Å². The fraction of sp³-hybridized carbons (Fsp3) is 0.429. The van der Waals surface area contributed by atoms with Gasteiger partial charge < -0.3 is 5.73 Å². The Hall–Kier alpha value is -0.970. The van der Waals surface area contributed by atoms with Crippen molar-refractivity contribution in [2.24, 2.45) is 5.73 Å². The molecule has 66 valence electrons. The summed E-state index contributed by atoms with van der Waals surface area (Å²) in [5.74, 6) is -0.392. The smallest absolute Gasteiger partial charge is 0.239 e. The molecule has 0 spiro atoms. The normalized spacial score (nSPS) is 12.8. The van der Waals surface area contributed by atoms with E-state index in [1.807, 2.05) is 6.92 Å². The van der Waals surface area contributed by atoms with Crippen molar-refractivity contribution in [1.29, 1.82) is 0 Å². The first-order chi connectivity index (χ1) is 5.59. The average molecular weight is 185 g/mol. The predicted octanol–water partition coefficient (Wildman–Crippen LogP) is 0.359. The number of nitrogens with two attached hydrogens (primary N) is 1. The molecular formula is C7H11N3OS. The van der Waals surface area contributed by atoms with Crippen LogP contribution in [0.15, 0.2) is 12.4 Å². The Morgan fingerprint density at radius 2 is 2.58 bits per heavy atom. The molecule has 4 nitrogen and oxygen atoms in total. The van der Waals surface area contributed by atoms with Crippen LogP contribution in [0.2, 0.25) is 0 Å². The van der Waals surface area contributed by atoms with Gasteiger partial charge >= 0.3 is 0 Å². The minimum absolute atomic E-state index is 0.125. The lowest BCUT2D eigenvalue weighted by atomic mass is 10.3. The third kappa shape index (κ3) is 2.27. The summed E-state index contributed by atoms with van der Waals surface area (Å²) >= 11 is 4.22. The van der Waals surface area contributed by atoms with Crippen LogP contribution in [0.5, 0.6) is 0 Å². The highest BCUT2D eigenvalue weighted by atomic mass is 32.1. The molecule has 0 aliphatic carbocycles. The van der Waals surface area contributed by atoms with Gasteiger partial charge in [-0.2, -0.15) is 17.7 Å². The molecule has 12 heavy (non-hydrogen) atoms. The molecule has 1 rings (SSSR count). The molecule has 0 fully saturated rings. The Morgan fingerprint density at radius 1 is 1.92 bits per heavy atom. The van der Waals surface area contributed by atoms with Crippen LogP contribution in [0.1, 0.15) is 17.7 Å². The zero-order chi connectivity index (χ0) is 9.14. The summed E-state index contributed by atoms with van der Waals surface area (Å²) in [5.41, 5.74) is 5.98. The summed E-state index contributed by atoms with van der Waals surface area (Å²) < 4.78 is 1.50. The Balaban J connectivity index is 2.70. The molecule has 0 bridgehead atoms. The number of primary amides is 1. The van der Waals surface area contributed by atoms with E-state index in [4.69, 9.17) is 5.73 Å². The highest BCUT2D eigenvalue weighted by Gasteiger charge is 2.04. The van der Waals surface area contributed by atoms with E-state index in [0.29, 0.717) is 0 Å². The zero-order valence-corrected chi connectivity index (χ0v) is 7.66. The molecule has 2 N–H and O–H groups in total. The Bertz CT molecular complexity index is 282. The van der Waals surface area contributed by atoms with Crippen molar-refractivity contribution in [2.45, 2.75) is 18.7 Å². The monoisotopic (exact) mass is 185 g/mol. The minimum atomic E-state index is -0.392. The number of carbonyl (C=O) groups is 1. The summed E-state index contributed by atoms with van der Waals surface area (Å²) in [6.45, 7) is 2.06. The van der Waals surface area contributed by atoms with Crippen molar-refractivity contribution in [1.82, 2.24) is 9.78 Å². The maximum atomic E-state index is 10.5. The Kier molecular flexibility index (Phi) is 2.75. The van der Waals surface area contributed by atoms with Crippen molar-refractivity contribution < 1.29 is 4.79 Å². The fourth-order valence-electron chi connectivity index (χ4n) is 0.841. The van der Waals surface area contributed by atoms with Gasteiger partial charge in [0.25, 0.3) is 0 Å². The molecule has 1 unspecified atom stereocenters. The van der Waals surface area contributed by atoms with E-state index < -0.39 is 5.91 Å². The standard InChI is InChI=1S/C7H11N3OS/c1-5(12)6-2-9-10(3-6)4-7(8)11/h2-3,5,12H,4H2,1H3,(H2,8,11). The largest absolute Gasteiger partial charge is 0.368 e. The maximum Gasteiger partial charge on any atom is 0.239 e. The molecule has 1 heterocycles. The van der Waals surface area contributed by atoms with Crippen molar-refractivity contribution in [3.05, 3.63) is 18.0 Å². The third-order valence-electron chi connectivity index (χ3n) is 1.45. The molecule has 1 atom stereocenters. The van der Waals surface area contributed by atoms with E-state index >= 15 is 0 Å². The molecule has 0 saturated carbocycles. The second-order valence-electron chi connectivity index (χ2n) is 2.61. The molecule has 0 aliphatic rings. The van der Waals surface area contributed by atoms with E-state index in [2.05, 4.69) is 17.7 Å². The maximum absolute atomic E-state index is 10.5. The van der Waals surface area contributed by atoms with Gasteiger partial charge in [0, 0.05) is 17.0 Å². The highest BCUT2D eigenvalue weighted by Crippen LogP contribution is 2.16.